The highest BCUT2D eigenvalue weighted by Crippen LogP contribution is 2.46. The molecule has 0 aliphatic heterocycles. The van der Waals surface area contributed by atoms with Gasteiger partial charge in [0.15, 0.2) is 0 Å². The van der Waals surface area contributed by atoms with Crippen LogP contribution in [0, 0.1) is 0 Å². The zero-order chi connectivity index (χ0) is 19.7. The van der Waals surface area contributed by atoms with Crippen molar-refractivity contribution in [2.45, 2.75) is 63.2 Å². The molecule has 1 saturated carbocycles. The Morgan fingerprint density at radius 1 is 0.750 bits per heavy atom. The molecule has 3 nitrogen and oxygen atoms in total. The Hall–Kier alpha value is -2.16. The van der Waals surface area contributed by atoms with Gasteiger partial charge in [-0.25, -0.2) is 0 Å². The number of unbranched alkanes of at least 4 members (excludes halogenated alkanes) is 3. The highest BCUT2D eigenvalue weighted by molar-refractivity contribution is 5.42. The van der Waals surface area contributed by atoms with Crippen LogP contribution in [0.4, 0.5) is 0 Å². The standard InChI is InChI=1S/C25H34O3/c1-26-23-18-21(19-24(20-23)27-2)25(15-9-10-16-25)14-8-3-4-11-17-28-22-12-6-5-7-13-22/h5-7,12-13,18-20H,3-4,8-11,14-17H2,1-2H3. The van der Waals surface area contributed by atoms with Crippen LogP contribution in [0.3, 0.4) is 0 Å². The van der Waals surface area contributed by atoms with Gasteiger partial charge in [-0.05, 0) is 60.9 Å². The molecule has 0 unspecified atom stereocenters. The Balaban J connectivity index is 1.48. The fraction of sp³-hybridized carbons (Fsp3) is 0.520. The molecule has 1 aliphatic carbocycles. The summed E-state index contributed by atoms with van der Waals surface area (Å²) < 4.78 is 16.8. The first kappa shape index (κ1) is 20.6. The van der Waals surface area contributed by atoms with Gasteiger partial charge < -0.3 is 14.2 Å². The van der Waals surface area contributed by atoms with Crippen LogP contribution in [0.25, 0.3) is 0 Å². The summed E-state index contributed by atoms with van der Waals surface area (Å²) in [6, 6.07) is 16.5. The molecule has 2 aromatic rings. The van der Waals surface area contributed by atoms with E-state index in [0.717, 1.165) is 30.3 Å². The number of hydrogen-bond acceptors (Lipinski definition) is 3. The zero-order valence-corrected chi connectivity index (χ0v) is 17.4. The van der Waals surface area contributed by atoms with Crippen molar-refractivity contribution in [3.63, 3.8) is 0 Å². The molecule has 0 aromatic heterocycles. The number of hydrogen-bond donors (Lipinski definition) is 0. The first-order valence-electron chi connectivity index (χ1n) is 10.7. The average Bonchev–Trinajstić information content (AvgIpc) is 3.23. The Morgan fingerprint density at radius 2 is 1.39 bits per heavy atom. The second kappa shape index (κ2) is 10.4. The van der Waals surface area contributed by atoms with Crippen LogP contribution in [0.15, 0.2) is 48.5 Å². The van der Waals surface area contributed by atoms with Crippen LogP contribution in [-0.4, -0.2) is 20.8 Å². The predicted molar refractivity (Wildman–Crippen MR) is 115 cm³/mol. The molecule has 0 atom stereocenters. The molecule has 3 rings (SSSR count). The fourth-order valence-electron chi connectivity index (χ4n) is 4.47. The average molecular weight is 383 g/mol. The van der Waals surface area contributed by atoms with Gasteiger partial charge >= 0.3 is 0 Å². The minimum atomic E-state index is 0.294. The van der Waals surface area contributed by atoms with Gasteiger partial charge in [-0.2, -0.15) is 0 Å². The van der Waals surface area contributed by atoms with Crippen LogP contribution < -0.4 is 14.2 Å². The molecule has 2 aromatic carbocycles. The molecule has 1 aliphatic rings. The lowest BCUT2D eigenvalue weighted by atomic mass is 9.74. The van der Waals surface area contributed by atoms with Gasteiger partial charge in [0.05, 0.1) is 20.8 Å². The molecular weight excluding hydrogens is 348 g/mol. The van der Waals surface area contributed by atoms with Crippen molar-refractivity contribution in [1.82, 2.24) is 0 Å². The lowest BCUT2D eigenvalue weighted by Crippen LogP contribution is -2.22. The van der Waals surface area contributed by atoms with Gasteiger partial charge in [-0.15, -0.1) is 0 Å². The number of para-hydroxylation sites is 1. The van der Waals surface area contributed by atoms with Crippen molar-refractivity contribution in [2.75, 3.05) is 20.8 Å². The van der Waals surface area contributed by atoms with Gasteiger partial charge in [0.1, 0.15) is 17.2 Å². The van der Waals surface area contributed by atoms with Gasteiger partial charge in [-0.3, -0.25) is 0 Å². The predicted octanol–water partition coefficient (Wildman–Crippen LogP) is 6.55. The summed E-state index contributed by atoms with van der Waals surface area (Å²) in [5, 5.41) is 0. The Morgan fingerprint density at radius 3 is 2.04 bits per heavy atom. The molecule has 0 spiro atoms. The first-order valence-corrected chi connectivity index (χ1v) is 10.7. The van der Waals surface area contributed by atoms with Crippen LogP contribution >= 0.6 is 0 Å². The van der Waals surface area contributed by atoms with Gasteiger partial charge in [0.2, 0.25) is 0 Å². The largest absolute Gasteiger partial charge is 0.497 e. The monoisotopic (exact) mass is 382 g/mol. The molecule has 0 radical (unpaired) electrons. The maximum absolute atomic E-state index is 5.80. The van der Waals surface area contributed by atoms with E-state index in [0.29, 0.717) is 5.41 Å². The van der Waals surface area contributed by atoms with Crippen LogP contribution in [0.1, 0.15) is 63.4 Å². The van der Waals surface area contributed by atoms with E-state index < -0.39 is 0 Å². The van der Waals surface area contributed by atoms with Crippen molar-refractivity contribution in [3.05, 3.63) is 54.1 Å². The molecule has 0 N–H and O–H groups in total. The maximum Gasteiger partial charge on any atom is 0.122 e. The first-order chi connectivity index (χ1) is 13.8. The van der Waals surface area contributed by atoms with E-state index in [4.69, 9.17) is 14.2 Å². The SMILES string of the molecule is COc1cc(OC)cc(C2(CCCCCCOc3ccccc3)CCCC2)c1. The van der Waals surface area contributed by atoms with Crippen molar-refractivity contribution in [2.24, 2.45) is 0 Å². The number of methoxy groups -OCH3 is 2. The number of rotatable bonds is 11. The number of benzene rings is 2. The summed E-state index contributed by atoms with van der Waals surface area (Å²) in [7, 11) is 3.47. The highest BCUT2D eigenvalue weighted by Gasteiger charge is 2.35. The maximum atomic E-state index is 5.80. The van der Waals surface area contributed by atoms with E-state index >= 15 is 0 Å². The molecule has 1 fully saturated rings. The van der Waals surface area contributed by atoms with E-state index in [2.05, 4.69) is 12.1 Å². The summed E-state index contributed by atoms with van der Waals surface area (Å²) in [4.78, 5) is 0. The van der Waals surface area contributed by atoms with E-state index in [1.165, 1.54) is 56.9 Å². The molecule has 152 valence electrons. The summed E-state index contributed by atoms with van der Waals surface area (Å²) in [5.41, 5.74) is 1.69. The van der Waals surface area contributed by atoms with Gasteiger partial charge in [-0.1, -0.05) is 50.3 Å². The third kappa shape index (κ3) is 5.43. The van der Waals surface area contributed by atoms with Crippen molar-refractivity contribution in [3.8, 4) is 17.2 Å². The van der Waals surface area contributed by atoms with E-state index in [1.807, 2.05) is 36.4 Å². The summed E-state index contributed by atoms with van der Waals surface area (Å²) in [6.07, 6.45) is 11.3. The summed E-state index contributed by atoms with van der Waals surface area (Å²) in [6.45, 7) is 0.808. The second-order valence-corrected chi connectivity index (χ2v) is 7.91. The topological polar surface area (TPSA) is 27.7 Å². The smallest absolute Gasteiger partial charge is 0.122 e. The third-order valence-corrected chi connectivity index (χ3v) is 6.09. The summed E-state index contributed by atoms with van der Waals surface area (Å²) >= 11 is 0. The van der Waals surface area contributed by atoms with Crippen LogP contribution in [0.5, 0.6) is 17.2 Å². The lowest BCUT2D eigenvalue weighted by molar-refractivity contribution is 0.301. The normalized spacial score (nSPS) is 15.4. The Labute approximate surface area is 170 Å². The van der Waals surface area contributed by atoms with Crippen molar-refractivity contribution < 1.29 is 14.2 Å². The Bertz CT molecular complexity index is 683. The molecule has 3 heteroatoms. The summed E-state index contributed by atoms with van der Waals surface area (Å²) in [5.74, 6) is 2.77. The highest BCUT2D eigenvalue weighted by atomic mass is 16.5. The quantitative estimate of drug-likeness (QED) is 0.413. The van der Waals surface area contributed by atoms with E-state index in [9.17, 15) is 0 Å². The molecule has 0 amide bonds. The van der Waals surface area contributed by atoms with E-state index in [1.54, 1.807) is 14.2 Å². The second-order valence-electron chi connectivity index (χ2n) is 7.91. The minimum Gasteiger partial charge on any atom is -0.497 e. The Kier molecular flexibility index (Phi) is 7.64. The number of ether oxygens (including phenoxy) is 3. The van der Waals surface area contributed by atoms with E-state index in [-0.39, 0.29) is 0 Å². The van der Waals surface area contributed by atoms with Crippen molar-refractivity contribution in [1.29, 1.82) is 0 Å². The van der Waals surface area contributed by atoms with Crippen molar-refractivity contribution >= 4 is 0 Å². The van der Waals surface area contributed by atoms with Crippen LogP contribution in [0.2, 0.25) is 0 Å². The zero-order valence-electron chi connectivity index (χ0n) is 17.4. The lowest BCUT2D eigenvalue weighted by Gasteiger charge is -2.30. The fourth-order valence-corrected chi connectivity index (χ4v) is 4.47. The molecular formula is C25H34O3. The van der Waals surface area contributed by atoms with Gasteiger partial charge in [0, 0.05) is 6.07 Å². The molecule has 0 saturated heterocycles. The molecule has 0 bridgehead atoms. The van der Waals surface area contributed by atoms with Gasteiger partial charge in [0.25, 0.3) is 0 Å². The molecule has 28 heavy (non-hydrogen) atoms. The minimum absolute atomic E-state index is 0.294. The van der Waals surface area contributed by atoms with Crippen LogP contribution in [-0.2, 0) is 5.41 Å². The molecule has 0 heterocycles. The third-order valence-electron chi connectivity index (χ3n) is 6.09.